The molecule has 1 aromatic heterocycles. The molecule has 0 aliphatic heterocycles. The Morgan fingerprint density at radius 3 is 2.59 bits per heavy atom. The first kappa shape index (κ1) is 15.9. The van der Waals surface area contributed by atoms with E-state index in [1.54, 1.807) is 12.1 Å². The highest BCUT2D eigenvalue weighted by molar-refractivity contribution is 6.03. The van der Waals surface area contributed by atoms with Crippen LogP contribution in [0.2, 0.25) is 0 Å². The van der Waals surface area contributed by atoms with Crippen LogP contribution in [0.4, 0.5) is 11.5 Å². The number of anilines is 2. The van der Waals surface area contributed by atoms with Crippen LogP contribution in [0.25, 0.3) is 0 Å². The lowest BCUT2D eigenvalue weighted by atomic mass is 10.1. The molecule has 116 valence electrons. The Labute approximate surface area is 131 Å². The summed E-state index contributed by atoms with van der Waals surface area (Å²) in [5.74, 6) is 0.425. The van der Waals surface area contributed by atoms with Gasteiger partial charge in [0, 0.05) is 11.7 Å². The fraction of sp³-hybridized carbons (Fsp3) is 0.353. The maximum absolute atomic E-state index is 12.2. The fourth-order valence-electron chi connectivity index (χ4n) is 1.94. The van der Waals surface area contributed by atoms with Crippen LogP contribution in [0.1, 0.15) is 41.9 Å². The van der Waals surface area contributed by atoms with E-state index in [1.807, 2.05) is 32.0 Å². The van der Waals surface area contributed by atoms with Gasteiger partial charge in [0.05, 0.1) is 0 Å². The molecule has 2 rings (SSSR count). The summed E-state index contributed by atoms with van der Waals surface area (Å²) in [5, 5.41) is 14.1. The number of carbonyl (C=O) groups is 1. The van der Waals surface area contributed by atoms with Crippen molar-refractivity contribution in [3.8, 4) is 0 Å². The van der Waals surface area contributed by atoms with Crippen molar-refractivity contribution < 1.29 is 4.79 Å². The van der Waals surface area contributed by atoms with Crippen LogP contribution < -0.4 is 10.6 Å². The summed E-state index contributed by atoms with van der Waals surface area (Å²) in [6, 6.07) is 9.72. The summed E-state index contributed by atoms with van der Waals surface area (Å²) in [6.07, 6.45) is 0.997. The monoisotopic (exact) mass is 298 g/mol. The number of aromatic nitrogens is 2. The number of hydrogen-bond acceptors (Lipinski definition) is 4. The lowest BCUT2D eigenvalue weighted by molar-refractivity contribution is 0.102. The lowest BCUT2D eigenvalue weighted by Gasteiger charge is -2.12. The third kappa shape index (κ3) is 4.04. The van der Waals surface area contributed by atoms with Crippen molar-refractivity contribution in [1.82, 2.24) is 10.2 Å². The zero-order chi connectivity index (χ0) is 16.1. The van der Waals surface area contributed by atoms with Crippen molar-refractivity contribution in [3.05, 3.63) is 47.2 Å². The molecule has 0 spiro atoms. The molecule has 5 heteroatoms. The topological polar surface area (TPSA) is 66.9 Å². The maximum Gasteiger partial charge on any atom is 0.276 e. The van der Waals surface area contributed by atoms with Gasteiger partial charge in [-0.1, -0.05) is 19.1 Å². The first-order chi connectivity index (χ1) is 10.5. The molecule has 5 nitrogen and oxygen atoms in total. The van der Waals surface area contributed by atoms with Gasteiger partial charge in [-0.25, -0.2) is 0 Å². The zero-order valence-electron chi connectivity index (χ0n) is 13.5. The second-order valence-electron chi connectivity index (χ2n) is 5.53. The van der Waals surface area contributed by atoms with Gasteiger partial charge in [-0.05, 0) is 56.5 Å². The van der Waals surface area contributed by atoms with E-state index < -0.39 is 0 Å². The molecular weight excluding hydrogens is 276 g/mol. The Kier molecular flexibility index (Phi) is 5.09. The van der Waals surface area contributed by atoms with Gasteiger partial charge in [-0.15, -0.1) is 10.2 Å². The van der Waals surface area contributed by atoms with Gasteiger partial charge in [0.25, 0.3) is 5.91 Å². The molecule has 2 N–H and O–H groups in total. The van der Waals surface area contributed by atoms with Crippen LogP contribution in [0.5, 0.6) is 0 Å². The summed E-state index contributed by atoms with van der Waals surface area (Å²) in [6.45, 7) is 8.12. The van der Waals surface area contributed by atoms with Crippen LogP contribution in [0.3, 0.4) is 0 Å². The molecule has 0 fully saturated rings. The largest absolute Gasteiger partial charge is 0.366 e. The number of amides is 1. The Morgan fingerprint density at radius 2 is 1.95 bits per heavy atom. The number of benzene rings is 1. The Balaban J connectivity index is 2.08. The quantitative estimate of drug-likeness (QED) is 0.885. The average molecular weight is 298 g/mol. The maximum atomic E-state index is 12.2. The summed E-state index contributed by atoms with van der Waals surface area (Å²) < 4.78 is 0. The third-order valence-electron chi connectivity index (χ3n) is 3.55. The number of aryl methyl sites for hydroxylation is 2. The summed E-state index contributed by atoms with van der Waals surface area (Å²) in [7, 11) is 0. The second kappa shape index (κ2) is 7.02. The first-order valence-electron chi connectivity index (χ1n) is 7.48. The Morgan fingerprint density at radius 1 is 1.18 bits per heavy atom. The highest BCUT2D eigenvalue weighted by atomic mass is 16.1. The van der Waals surface area contributed by atoms with Crippen LogP contribution in [-0.4, -0.2) is 22.1 Å². The van der Waals surface area contributed by atoms with Crippen LogP contribution in [0, 0.1) is 13.8 Å². The van der Waals surface area contributed by atoms with E-state index in [4.69, 9.17) is 0 Å². The third-order valence-corrected chi connectivity index (χ3v) is 3.55. The molecule has 1 atom stereocenters. The second-order valence-corrected chi connectivity index (χ2v) is 5.53. The minimum absolute atomic E-state index is 0.253. The molecule has 0 saturated carbocycles. The van der Waals surface area contributed by atoms with E-state index in [2.05, 4.69) is 34.7 Å². The number of carbonyl (C=O) groups excluding carboxylic acids is 1. The normalized spacial score (nSPS) is 11.8. The summed E-state index contributed by atoms with van der Waals surface area (Å²) in [5.41, 5.74) is 3.21. The van der Waals surface area contributed by atoms with Gasteiger partial charge >= 0.3 is 0 Å². The number of nitrogens with one attached hydrogen (secondary N) is 2. The van der Waals surface area contributed by atoms with E-state index in [0.717, 1.165) is 23.2 Å². The standard InChI is InChI=1S/C17H22N4O/c1-5-13(4)18-16-9-8-14(20-21-16)17(22)19-15-10-11(2)6-7-12(15)3/h6-10,13H,5H2,1-4H3,(H,18,21)(H,19,22). The van der Waals surface area contributed by atoms with E-state index >= 15 is 0 Å². The molecule has 1 unspecified atom stereocenters. The minimum atomic E-state index is -0.253. The van der Waals surface area contributed by atoms with Crippen molar-refractivity contribution in [3.63, 3.8) is 0 Å². The van der Waals surface area contributed by atoms with Crippen molar-refractivity contribution in [2.45, 2.75) is 40.2 Å². The van der Waals surface area contributed by atoms with Crippen LogP contribution in [-0.2, 0) is 0 Å². The minimum Gasteiger partial charge on any atom is -0.366 e. The highest BCUT2D eigenvalue weighted by Gasteiger charge is 2.10. The number of nitrogens with zero attached hydrogens (tertiary/aromatic N) is 2. The Bertz CT molecular complexity index is 652. The number of hydrogen-bond donors (Lipinski definition) is 2. The highest BCUT2D eigenvalue weighted by Crippen LogP contribution is 2.17. The predicted molar refractivity (Wildman–Crippen MR) is 89.3 cm³/mol. The first-order valence-corrected chi connectivity index (χ1v) is 7.48. The molecular formula is C17H22N4O. The number of rotatable bonds is 5. The molecule has 1 aromatic carbocycles. The molecule has 0 aliphatic rings. The van der Waals surface area contributed by atoms with E-state index in [9.17, 15) is 4.79 Å². The molecule has 0 radical (unpaired) electrons. The van der Waals surface area contributed by atoms with Gasteiger partial charge < -0.3 is 10.6 Å². The molecule has 2 aromatic rings. The molecule has 22 heavy (non-hydrogen) atoms. The van der Waals surface area contributed by atoms with Crippen molar-refractivity contribution in [2.24, 2.45) is 0 Å². The van der Waals surface area contributed by atoms with Crippen LogP contribution >= 0.6 is 0 Å². The molecule has 0 saturated heterocycles. The van der Waals surface area contributed by atoms with Crippen LogP contribution in [0.15, 0.2) is 30.3 Å². The molecule has 0 aliphatic carbocycles. The van der Waals surface area contributed by atoms with Gasteiger partial charge in [0.1, 0.15) is 5.82 Å². The molecule has 0 bridgehead atoms. The van der Waals surface area contributed by atoms with E-state index in [-0.39, 0.29) is 5.91 Å². The van der Waals surface area contributed by atoms with Crippen molar-refractivity contribution >= 4 is 17.4 Å². The van der Waals surface area contributed by atoms with Gasteiger partial charge in [-0.3, -0.25) is 4.79 Å². The lowest BCUT2D eigenvalue weighted by Crippen LogP contribution is -2.18. The molecule has 1 heterocycles. The van der Waals surface area contributed by atoms with Gasteiger partial charge in [0.2, 0.25) is 0 Å². The van der Waals surface area contributed by atoms with E-state index in [0.29, 0.717) is 17.6 Å². The molecule has 1 amide bonds. The van der Waals surface area contributed by atoms with Gasteiger partial charge in [0.15, 0.2) is 5.69 Å². The van der Waals surface area contributed by atoms with Gasteiger partial charge in [-0.2, -0.15) is 0 Å². The smallest absolute Gasteiger partial charge is 0.276 e. The van der Waals surface area contributed by atoms with Crippen molar-refractivity contribution in [2.75, 3.05) is 10.6 Å². The summed E-state index contributed by atoms with van der Waals surface area (Å²) in [4.78, 5) is 12.2. The predicted octanol–water partition coefficient (Wildman–Crippen LogP) is 3.56. The van der Waals surface area contributed by atoms with E-state index in [1.165, 1.54) is 0 Å². The zero-order valence-corrected chi connectivity index (χ0v) is 13.5. The fourth-order valence-corrected chi connectivity index (χ4v) is 1.94. The summed E-state index contributed by atoms with van der Waals surface area (Å²) >= 11 is 0. The van der Waals surface area contributed by atoms with Crippen molar-refractivity contribution in [1.29, 1.82) is 0 Å². The average Bonchev–Trinajstić information content (AvgIpc) is 2.51. The SMILES string of the molecule is CCC(C)Nc1ccc(C(=O)Nc2cc(C)ccc2C)nn1. The Hall–Kier alpha value is -2.43.